The molecule has 0 spiro atoms. The lowest BCUT2D eigenvalue weighted by atomic mass is 9.84. The molecule has 1 amide bonds. The van der Waals surface area contributed by atoms with Crippen LogP contribution in [0, 0.1) is 5.92 Å². The first-order valence-electron chi connectivity index (χ1n) is 9.20. The molecule has 1 N–H and O–H groups in total. The van der Waals surface area contributed by atoms with Gasteiger partial charge in [0, 0.05) is 18.5 Å². The lowest BCUT2D eigenvalue weighted by Gasteiger charge is -2.44. The summed E-state index contributed by atoms with van der Waals surface area (Å²) in [6, 6.07) is 5.94. The molecule has 1 atom stereocenters. The number of hydrogen-bond acceptors (Lipinski definition) is 4. The SMILES string of the molecule is Cl.O=C(NC1CN2CCC1CC2)c1cccc2oc(C3CCC3)nc12. The van der Waals surface area contributed by atoms with E-state index >= 15 is 0 Å². The van der Waals surface area contributed by atoms with Crippen molar-refractivity contribution in [1.82, 2.24) is 15.2 Å². The van der Waals surface area contributed by atoms with E-state index in [4.69, 9.17) is 4.42 Å². The van der Waals surface area contributed by atoms with Gasteiger partial charge in [-0.3, -0.25) is 4.79 Å². The molecule has 4 aliphatic rings. The number of oxazole rings is 1. The molecule has 6 rings (SSSR count). The molecule has 1 aromatic heterocycles. The van der Waals surface area contributed by atoms with Gasteiger partial charge in [0.25, 0.3) is 5.91 Å². The van der Waals surface area contributed by atoms with Crippen LogP contribution in [-0.2, 0) is 0 Å². The van der Waals surface area contributed by atoms with Gasteiger partial charge in [-0.1, -0.05) is 12.5 Å². The highest BCUT2D eigenvalue weighted by molar-refractivity contribution is 6.04. The Kier molecular flexibility index (Phi) is 4.46. The van der Waals surface area contributed by atoms with E-state index in [-0.39, 0.29) is 24.4 Å². The lowest BCUT2D eigenvalue weighted by Crippen LogP contribution is -2.57. The Labute approximate surface area is 153 Å². The van der Waals surface area contributed by atoms with E-state index in [1.807, 2.05) is 18.2 Å². The van der Waals surface area contributed by atoms with E-state index in [1.165, 1.54) is 32.4 Å². The molecule has 5 nitrogen and oxygen atoms in total. The lowest BCUT2D eigenvalue weighted by molar-refractivity contribution is 0.0621. The largest absolute Gasteiger partial charge is 0.440 e. The summed E-state index contributed by atoms with van der Waals surface area (Å²) in [7, 11) is 0. The number of benzene rings is 1. The molecule has 6 heteroatoms. The van der Waals surface area contributed by atoms with Gasteiger partial charge in [-0.2, -0.15) is 0 Å². The Morgan fingerprint density at radius 2 is 2.00 bits per heavy atom. The molecule has 0 radical (unpaired) electrons. The summed E-state index contributed by atoms with van der Waals surface area (Å²) in [5.41, 5.74) is 2.11. The fraction of sp³-hybridized carbons (Fsp3) is 0.579. The standard InChI is InChI=1S/C19H23N3O2.ClH/c23-18(20-15-11-22-9-7-12(15)8-10-22)14-5-2-6-16-17(14)21-19(24-16)13-3-1-4-13;/h2,5-6,12-13,15H,1,3-4,7-11H2,(H,20,23);1H. The third kappa shape index (κ3) is 2.93. The monoisotopic (exact) mass is 361 g/mol. The maximum Gasteiger partial charge on any atom is 0.253 e. The van der Waals surface area contributed by atoms with Gasteiger partial charge < -0.3 is 14.6 Å². The van der Waals surface area contributed by atoms with Crippen LogP contribution >= 0.6 is 12.4 Å². The molecule has 25 heavy (non-hydrogen) atoms. The molecule has 3 aliphatic heterocycles. The number of amides is 1. The topological polar surface area (TPSA) is 58.4 Å². The number of nitrogens with one attached hydrogen (secondary N) is 1. The third-order valence-corrected chi connectivity index (χ3v) is 6.11. The molecule has 2 bridgehead atoms. The molecule has 134 valence electrons. The maximum absolute atomic E-state index is 12.9. The second-order valence-corrected chi connectivity index (χ2v) is 7.55. The molecule has 4 heterocycles. The van der Waals surface area contributed by atoms with Crippen LogP contribution in [0.2, 0.25) is 0 Å². The van der Waals surface area contributed by atoms with Crippen molar-refractivity contribution < 1.29 is 9.21 Å². The quantitative estimate of drug-likeness (QED) is 0.910. The van der Waals surface area contributed by atoms with E-state index in [9.17, 15) is 4.79 Å². The summed E-state index contributed by atoms with van der Waals surface area (Å²) in [5.74, 6) is 1.86. The predicted octanol–water partition coefficient (Wildman–Crippen LogP) is 3.34. The van der Waals surface area contributed by atoms with Crippen LogP contribution in [-0.4, -0.2) is 41.5 Å². The minimum absolute atomic E-state index is 0. The van der Waals surface area contributed by atoms with Gasteiger partial charge in [-0.15, -0.1) is 12.4 Å². The summed E-state index contributed by atoms with van der Waals surface area (Å²) in [6.07, 6.45) is 5.94. The van der Waals surface area contributed by atoms with E-state index < -0.39 is 0 Å². The van der Waals surface area contributed by atoms with Crippen molar-refractivity contribution in [3.05, 3.63) is 29.7 Å². The first-order chi connectivity index (χ1) is 11.8. The highest BCUT2D eigenvalue weighted by atomic mass is 35.5. The highest BCUT2D eigenvalue weighted by Crippen LogP contribution is 2.37. The van der Waals surface area contributed by atoms with E-state index in [0.717, 1.165) is 36.4 Å². The predicted molar refractivity (Wildman–Crippen MR) is 98.3 cm³/mol. The summed E-state index contributed by atoms with van der Waals surface area (Å²) in [6.45, 7) is 3.35. The van der Waals surface area contributed by atoms with Crippen molar-refractivity contribution in [2.24, 2.45) is 5.92 Å². The average Bonchev–Trinajstić information content (AvgIpc) is 2.97. The van der Waals surface area contributed by atoms with Crippen LogP contribution in [0.4, 0.5) is 0 Å². The fourth-order valence-electron chi connectivity index (χ4n) is 4.35. The van der Waals surface area contributed by atoms with Gasteiger partial charge in [0.05, 0.1) is 5.56 Å². The Morgan fingerprint density at radius 3 is 2.64 bits per heavy atom. The molecule has 4 fully saturated rings. The number of halogens is 1. The summed E-state index contributed by atoms with van der Waals surface area (Å²) < 4.78 is 5.90. The number of hydrogen-bond donors (Lipinski definition) is 1. The molecule has 2 aromatic rings. The Bertz CT molecular complexity index is 778. The average molecular weight is 362 g/mol. The van der Waals surface area contributed by atoms with Crippen LogP contribution in [0.5, 0.6) is 0 Å². The number of para-hydroxylation sites is 1. The number of rotatable bonds is 3. The number of carbonyl (C=O) groups excluding carboxylic acids is 1. The number of carbonyl (C=O) groups is 1. The minimum Gasteiger partial charge on any atom is -0.440 e. The molecule has 3 saturated heterocycles. The van der Waals surface area contributed by atoms with Gasteiger partial charge in [0.15, 0.2) is 11.5 Å². The number of piperidine rings is 3. The van der Waals surface area contributed by atoms with Crippen molar-refractivity contribution >= 4 is 29.4 Å². The molecule has 1 unspecified atom stereocenters. The Morgan fingerprint density at radius 1 is 1.20 bits per heavy atom. The van der Waals surface area contributed by atoms with Crippen molar-refractivity contribution in [1.29, 1.82) is 0 Å². The molecular formula is C19H24ClN3O2. The maximum atomic E-state index is 12.9. The summed E-state index contributed by atoms with van der Waals surface area (Å²) in [5, 5.41) is 3.26. The van der Waals surface area contributed by atoms with Gasteiger partial charge in [-0.25, -0.2) is 4.98 Å². The van der Waals surface area contributed by atoms with Crippen LogP contribution < -0.4 is 5.32 Å². The molecular weight excluding hydrogens is 338 g/mol. The fourth-order valence-corrected chi connectivity index (χ4v) is 4.35. The van der Waals surface area contributed by atoms with Gasteiger partial charge in [-0.05, 0) is 56.8 Å². The first-order valence-corrected chi connectivity index (χ1v) is 9.20. The van der Waals surface area contributed by atoms with Crippen LogP contribution in [0.3, 0.4) is 0 Å². The van der Waals surface area contributed by atoms with Gasteiger partial charge in [0.2, 0.25) is 0 Å². The van der Waals surface area contributed by atoms with E-state index in [2.05, 4.69) is 15.2 Å². The number of aromatic nitrogens is 1. The normalized spacial score (nSPS) is 28.4. The highest BCUT2D eigenvalue weighted by Gasteiger charge is 2.35. The zero-order chi connectivity index (χ0) is 16.1. The number of fused-ring (bicyclic) bond motifs is 4. The van der Waals surface area contributed by atoms with Gasteiger partial charge in [0.1, 0.15) is 5.52 Å². The molecule has 1 aromatic carbocycles. The second kappa shape index (κ2) is 6.61. The van der Waals surface area contributed by atoms with Crippen molar-refractivity contribution in [3.63, 3.8) is 0 Å². The van der Waals surface area contributed by atoms with Crippen molar-refractivity contribution in [2.75, 3.05) is 19.6 Å². The van der Waals surface area contributed by atoms with Crippen molar-refractivity contribution in [3.8, 4) is 0 Å². The van der Waals surface area contributed by atoms with E-state index in [0.29, 0.717) is 17.4 Å². The van der Waals surface area contributed by atoms with Crippen LogP contribution in [0.25, 0.3) is 11.1 Å². The molecule has 1 aliphatic carbocycles. The van der Waals surface area contributed by atoms with Gasteiger partial charge >= 0.3 is 0 Å². The third-order valence-electron chi connectivity index (χ3n) is 6.11. The van der Waals surface area contributed by atoms with E-state index in [1.54, 1.807) is 0 Å². The smallest absolute Gasteiger partial charge is 0.253 e. The zero-order valence-corrected chi connectivity index (χ0v) is 15.1. The summed E-state index contributed by atoms with van der Waals surface area (Å²) in [4.78, 5) is 20.0. The Balaban J connectivity index is 0.00000157. The van der Waals surface area contributed by atoms with Crippen LogP contribution in [0.15, 0.2) is 22.6 Å². The zero-order valence-electron chi connectivity index (χ0n) is 14.2. The first kappa shape index (κ1) is 16.9. The van der Waals surface area contributed by atoms with Crippen molar-refractivity contribution in [2.45, 2.75) is 44.1 Å². The Hall–Kier alpha value is -1.59. The minimum atomic E-state index is -0.00666. The van der Waals surface area contributed by atoms with Crippen LogP contribution in [0.1, 0.15) is 54.3 Å². The molecule has 1 saturated carbocycles. The number of nitrogens with zero attached hydrogens (tertiary/aromatic N) is 2. The summed E-state index contributed by atoms with van der Waals surface area (Å²) >= 11 is 0. The second-order valence-electron chi connectivity index (χ2n) is 7.55.